The van der Waals surface area contributed by atoms with Gasteiger partial charge in [0.15, 0.2) is 0 Å². The molecule has 1 aliphatic carbocycles. The monoisotopic (exact) mass is 270 g/mol. The lowest BCUT2D eigenvalue weighted by molar-refractivity contribution is -0.0290. The maximum atomic E-state index is 11.0. The third-order valence-corrected chi connectivity index (χ3v) is 4.35. The van der Waals surface area contributed by atoms with Crippen LogP contribution in [-0.4, -0.2) is 14.9 Å². The standard InChI is InChI=1S/C14H23ClN2O/c1-3-8-17-13(12(15)10-16-17)14(18)7-5-6-11(4-2)9-14/h10-11,18H,3-9H2,1-2H3. The fraction of sp³-hybridized carbons (Fsp3) is 0.786. The summed E-state index contributed by atoms with van der Waals surface area (Å²) in [4.78, 5) is 0. The van der Waals surface area contributed by atoms with E-state index >= 15 is 0 Å². The molecule has 0 amide bonds. The number of hydrogen-bond acceptors (Lipinski definition) is 2. The SMILES string of the molecule is CCCn1ncc(Cl)c1C1(O)CCCC(CC)C1. The topological polar surface area (TPSA) is 38.0 Å². The summed E-state index contributed by atoms with van der Waals surface area (Å²) in [5.41, 5.74) is 0.0611. The minimum atomic E-state index is -0.776. The highest BCUT2D eigenvalue weighted by Gasteiger charge is 2.39. The van der Waals surface area contributed by atoms with Crippen LogP contribution in [0.4, 0.5) is 0 Å². The molecule has 1 fully saturated rings. The highest BCUT2D eigenvalue weighted by Crippen LogP contribution is 2.43. The molecule has 102 valence electrons. The van der Waals surface area contributed by atoms with E-state index in [-0.39, 0.29) is 0 Å². The van der Waals surface area contributed by atoms with E-state index in [2.05, 4.69) is 18.9 Å². The van der Waals surface area contributed by atoms with Gasteiger partial charge in [-0.25, -0.2) is 0 Å². The molecular formula is C14H23ClN2O. The van der Waals surface area contributed by atoms with Gasteiger partial charge >= 0.3 is 0 Å². The first kappa shape index (κ1) is 13.9. The number of aryl methyl sites for hydroxylation is 1. The molecule has 4 heteroatoms. The van der Waals surface area contributed by atoms with E-state index in [0.717, 1.165) is 44.3 Å². The Hall–Kier alpha value is -0.540. The van der Waals surface area contributed by atoms with Gasteiger partial charge in [-0.15, -0.1) is 0 Å². The van der Waals surface area contributed by atoms with Gasteiger partial charge in [0.2, 0.25) is 0 Å². The molecule has 1 aliphatic rings. The van der Waals surface area contributed by atoms with E-state index in [1.54, 1.807) is 6.20 Å². The first-order chi connectivity index (χ1) is 8.60. The fourth-order valence-corrected chi connectivity index (χ4v) is 3.45. The van der Waals surface area contributed by atoms with Crippen LogP contribution in [0, 0.1) is 5.92 Å². The molecule has 0 aliphatic heterocycles. The number of rotatable bonds is 4. The Labute approximate surface area is 114 Å². The van der Waals surface area contributed by atoms with Crippen LogP contribution < -0.4 is 0 Å². The van der Waals surface area contributed by atoms with Crippen molar-refractivity contribution in [3.8, 4) is 0 Å². The van der Waals surface area contributed by atoms with Crippen molar-refractivity contribution >= 4 is 11.6 Å². The molecular weight excluding hydrogens is 248 g/mol. The number of aliphatic hydroxyl groups is 1. The highest BCUT2D eigenvalue weighted by molar-refractivity contribution is 6.31. The first-order valence-corrected chi connectivity index (χ1v) is 7.42. The van der Waals surface area contributed by atoms with Gasteiger partial charge in [-0.3, -0.25) is 4.68 Å². The molecule has 0 aromatic carbocycles. The van der Waals surface area contributed by atoms with Gasteiger partial charge in [-0.1, -0.05) is 38.3 Å². The second kappa shape index (κ2) is 5.62. The largest absolute Gasteiger partial charge is 0.384 e. The summed E-state index contributed by atoms with van der Waals surface area (Å²) in [6.07, 6.45) is 7.71. The Morgan fingerprint density at radius 3 is 3.00 bits per heavy atom. The third-order valence-electron chi connectivity index (χ3n) is 4.08. The van der Waals surface area contributed by atoms with Gasteiger partial charge in [0, 0.05) is 6.54 Å². The number of hydrogen-bond donors (Lipinski definition) is 1. The average molecular weight is 271 g/mol. The van der Waals surface area contributed by atoms with Crippen molar-refractivity contribution < 1.29 is 5.11 Å². The summed E-state index contributed by atoms with van der Waals surface area (Å²) in [5, 5.41) is 15.9. The molecule has 0 radical (unpaired) electrons. The Bertz CT molecular complexity index is 404. The third kappa shape index (κ3) is 2.57. The van der Waals surface area contributed by atoms with Crippen molar-refractivity contribution in [2.75, 3.05) is 0 Å². The number of nitrogens with zero attached hydrogens (tertiary/aromatic N) is 2. The molecule has 1 N–H and O–H groups in total. The molecule has 0 saturated heterocycles. The Kier molecular flexibility index (Phi) is 4.33. The molecule has 0 bridgehead atoms. The van der Waals surface area contributed by atoms with E-state index < -0.39 is 5.60 Å². The Balaban J connectivity index is 2.30. The lowest BCUT2D eigenvalue weighted by atomic mass is 9.75. The normalized spacial score (nSPS) is 28.6. The predicted octanol–water partition coefficient (Wildman–Crippen LogP) is 3.73. The van der Waals surface area contributed by atoms with Crippen LogP contribution in [0.3, 0.4) is 0 Å². The second-order valence-electron chi connectivity index (χ2n) is 5.47. The van der Waals surface area contributed by atoms with E-state index in [1.807, 2.05) is 4.68 Å². The molecule has 2 unspecified atom stereocenters. The lowest BCUT2D eigenvalue weighted by Crippen LogP contribution is -2.35. The average Bonchev–Trinajstić information content (AvgIpc) is 2.72. The van der Waals surface area contributed by atoms with Crippen LogP contribution in [-0.2, 0) is 12.1 Å². The van der Waals surface area contributed by atoms with Gasteiger partial charge in [-0.05, 0) is 31.6 Å². The quantitative estimate of drug-likeness (QED) is 0.905. The molecule has 18 heavy (non-hydrogen) atoms. The minimum Gasteiger partial charge on any atom is -0.384 e. The second-order valence-corrected chi connectivity index (χ2v) is 5.87. The van der Waals surface area contributed by atoms with Gasteiger partial charge in [0.05, 0.1) is 16.9 Å². The summed E-state index contributed by atoms with van der Waals surface area (Å²) in [6.45, 7) is 5.13. The van der Waals surface area contributed by atoms with Crippen LogP contribution in [0.15, 0.2) is 6.20 Å². The summed E-state index contributed by atoms with van der Waals surface area (Å²) in [7, 11) is 0. The van der Waals surface area contributed by atoms with E-state index in [9.17, 15) is 5.11 Å². The smallest absolute Gasteiger partial charge is 0.108 e. The van der Waals surface area contributed by atoms with Gasteiger partial charge in [0.1, 0.15) is 5.60 Å². The molecule has 1 heterocycles. The van der Waals surface area contributed by atoms with Gasteiger partial charge in [0.25, 0.3) is 0 Å². The number of aromatic nitrogens is 2. The number of halogens is 1. The molecule has 1 aromatic rings. The van der Waals surface area contributed by atoms with Crippen molar-refractivity contribution in [3.63, 3.8) is 0 Å². The van der Waals surface area contributed by atoms with Crippen molar-refractivity contribution in [3.05, 3.63) is 16.9 Å². The van der Waals surface area contributed by atoms with Crippen LogP contribution in [0.25, 0.3) is 0 Å². The summed E-state index contributed by atoms with van der Waals surface area (Å²) >= 11 is 6.25. The minimum absolute atomic E-state index is 0.602. The van der Waals surface area contributed by atoms with Crippen molar-refractivity contribution in [1.82, 2.24) is 9.78 Å². The molecule has 3 nitrogen and oxygen atoms in total. The van der Waals surface area contributed by atoms with Crippen molar-refractivity contribution in [2.45, 2.75) is 64.5 Å². The molecule has 1 saturated carbocycles. The van der Waals surface area contributed by atoms with E-state index in [1.165, 1.54) is 6.42 Å². The zero-order chi connectivity index (χ0) is 13.2. The van der Waals surface area contributed by atoms with Crippen LogP contribution in [0.5, 0.6) is 0 Å². The summed E-state index contributed by atoms with van der Waals surface area (Å²) < 4.78 is 1.89. The van der Waals surface area contributed by atoms with Crippen LogP contribution in [0.1, 0.15) is 58.1 Å². The summed E-state index contributed by atoms with van der Waals surface area (Å²) in [5.74, 6) is 0.602. The maximum Gasteiger partial charge on any atom is 0.108 e. The first-order valence-electron chi connectivity index (χ1n) is 7.05. The van der Waals surface area contributed by atoms with E-state index in [0.29, 0.717) is 10.9 Å². The highest BCUT2D eigenvalue weighted by atomic mass is 35.5. The molecule has 1 aromatic heterocycles. The lowest BCUT2D eigenvalue weighted by Gasteiger charge is -2.37. The van der Waals surface area contributed by atoms with Crippen molar-refractivity contribution in [2.24, 2.45) is 5.92 Å². The van der Waals surface area contributed by atoms with E-state index in [4.69, 9.17) is 11.6 Å². The fourth-order valence-electron chi connectivity index (χ4n) is 3.13. The molecule has 2 atom stereocenters. The molecule has 2 rings (SSSR count). The Morgan fingerprint density at radius 1 is 1.56 bits per heavy atom. The predicted molar refractivity (Wildman–Crippen MR) is 73.7 cm³/mol. The van der Waals surface area contributed by atoms with Crippen molar-refractivity contribution in [1.29, 1.82) is 0 Å². The zero-order valence-corrected chi connectivity index (χ0v) is 12.1. The molecule has 0 spiro atoms. The summed E-state index contributed by atoms with van der Waals surface area (Å²) in [6, 6.07) is 0. The Morgan fingerprint density at radius 2 is 2.33 bits per heavy atom. The zero-order valence-electron chi connectivity index (χ0n) is 11.3. The van der Waals surface area contributed by atoms with Crippen LogP contribution >= 0.6 is 11.6 Å². The van der Waals surface area contributed by atoms with Gasteiger partial charge in [-0.2, -0.15) is 5.10 Å². The van der Waals surface area contributed by atoms with Gasteiger partial charge < -0.3 is 5.11 Å². The van der Waals surface area contributed by atoms with Crippen LogP contribution in [0.2, 0.25) is 5.02 Å². The maximum absolute atomic E-state index is 11.0.